The van der Waals surface area contributed by atoms with Crippen LogP contribution >= 0.6 is 11.6 Å². The van der Waals surface area contributed by atoms with E-state index >= 15 is 0 Å². The molecule has 0 unspecified atom stereocenters. The average molecular weight is 375 g/mol. The van der Waals surface area contributed by atoms with Crippen LogP contribution in [0, 0.1) is 11.8 Å². The summed E-state index contributed by atoms with van der Waals surface area (Å²) < 4.78 is 1.90. The second-order valence-corrected chi connectivity index (χ2v) is 8.11. The fourth-order valence-corrected chi connectivity index (χ4v) is 4.44. The molecule has 1 N–H and O–H groups in total. The molecule has 2 aliphatic rings. The van der Waals surface area contributed by atoms with Crippen molar-refractivity contribution in [2.45, 2.75) is 19.4 Å². The van der Waals surface area contributed by atoms with Gasteiger partial charge >= 0.3 is 0 Å². The van der Waals surface area contributed by atoms with Crippen LogP contribution in [0.1, 0.15) is 18.4 Å². The van der Waals surface area contributed by atoms with E-state index in [1.807, 2.05) is 35.1 Å². The Morgan fingerprint density at radius 3 is 2.50 bits per heavy atom. The highest BCUT2D eigenvalue weighted by atomic mass is 35.5. The third kappa shape index (κ3) is 4.12. The minimum atomic E-state index is 0.291. The SMILES string of the molecule is OC[C@H]1CN(Cc2cnn(-c3ccc(Cl)cc3)c2)C[C@H]1CN1CCCC1. The Labute approximate surface area is 160 Å². The van der Waals surface area contributed by atoms with Gasteiger partial charge in [0.2, 0.25) is 0 Å². The number of nitrogens with zero attached hydrogens (tertiary/aromatic N) is 4. The lowest BCUT2D eigenvalue weighted by atomic mass is 9.96. The predicted molar refractivity (Wildman–Crippen MR) is 104 cm³/mol. The van der Waals surface area contributed by atoms with Gasteiger partial charge in [-0.3, -0.25) is 4.90 Å². The first-order valence-corrected chi connectivity index (χ1v) is 9.94. The Morgan fingerprint density at radius 2 is 1.77 bits per heavy atom. The molecule has 0 amide bonds. The van der Waals surface area contributed by atoms with E-state index in [1.54, 1.807) is 0 Å². The van der Waals surface area contributed by atoms with Crippen LogP contribution < -0.4 is 0 Å². The molecule has 6 heteroatoms. The van der Waals surface area contributed by atoms with E-state index < -0.39 is 0 Å². The van der Waals surface area contributed by atoms with Crippen molar-refractivity contribution in [2.24, 2.45) is 11.8 Å². The quantitative estimate of drug-likeness (QED) is 0.844. The summed E-state index contributed by atoms with van der Waals surface area (Å²) in [5.41, 5.74) is 2.22. The summed E-state index contributed by atoms with van der Waals surface area (Å²) in [6.07, 6.45) is 6.68. The van der Waals surface area contributed by atoms with E-state index in [0.717, 1.165) is 36.9 Å². The highest BCUT2D eigenvalue weighted by molar-refractivity contribution is 6.30. The standard InChI is InChI=1S/C20H27ClN4O/c21-19-3-5-20(6-4-19)25-11-16(9-22-25)10-24-13-17(18(14-24)15-26)12-23-7-1-2-8-23/h3-6,9,11,17-18,26H,1-2,7-8,10,12-15H2/t17-,18-/m1/s1. The summed E-state index contributed by atoms with van der Waals surface area (Å²) in [6.45, 7) is 6.80. The number of rotatable bonds is 6. The van der Waals surface area contributed by atoms with Crippen LogP contribution in [0.3, 0.4) is 0 Å². The molecule has 1 aromatic heterocycles. The van der Waals surface area contributed by atoms with E-state index in [4.69, 9.17) is 11.6 Å². The molecule has 0 aliphatic carbocycles. The molecule has 2 saturated heterocycles. The molecule has 2 aromatic rings. The first kappa shape index (κ1) is 18.0. The van der Waals surface area contributed by atoms with Crippen molar-refractivity contribution in [3.8, 4) is 5.69 Å². The topological polar surface area (TPSA) is 44.5 Å². The van der Waals surface area contributed by atoms with Gasteiger partial charge in [-0.25, -0.2) is 4.68 Å². The molecule has 0 saturated carbocycles. The van der Waals surface area contributed by atoms with Gasteiger partial charge in [-0.2, -0.15) is 5.10 Å². The lowest BCUT2D eigenvalue weighted by molar-refractivity contribution is 0.175. The molecule has 0 spiro atoms. The van der Waals surface area contributed by atoms with Crippen molar-refractivity contribution >= 4 is 11.6 Å². The maximum Gasteiger partial charge on any atom is 0.0646 e. The Kier molecular flexibility index (Phi) is 5.60. The normalized spacial score (nSPS) is 24.5. The van der Waals surface area contributed by atoms with Crippen molar-refractivity contribution in [3.05, 3.63) is 47.2 Å². The van der Waals surface area contributed by atoms with Crippen molar-refractivity contribution < 1.29 is 5.11 Å². The Hall–Kier alpha value is -1.40. The van der Waals surface area contributed by atoms with Gasteiger partial charge in [0.25, 0.3) is 0 Å². The minimum Gasteiger partial charge on any atom is -0.396 e. The van der Waals surface area contributed by atoms with Crippen LogP contribution in [0.5, 0.6) is 0 Å². The van der Waals surface area contributed by atoms with Gasteiger partial charge in [0.15, 0.2) is 0 Å². The number of aromatic nitrogens is 2. The average Bonchev–Trinajstić information content (AvgIpc) is 3.38. The number of hydrogen-bond acceptors (Lipinski definition) is 4. The van der Waals surface area contributed by atoms with Crippen LogP contribution in [-0.4, -0.2) is 64.0 Å². The zero-order valence-electron chi connectivity index (χ0n) is 15.1. The monoisotopic (exact) mass is 374 g/mol. The van der Waals surface area contributed by atoms with Crippen molar-refractivity contribution in [2.75, 3.05) is 39.3 Å². The highest BCUT2D eigenvalue weighted by Crippen LogP contribution is 2.27. The van der Waals surface area contributed by atoms with E-state index in [9.17, 15) is 5.11 Å². The van der Waals surface area contributed by atoms with Crippen molar-refractivity contribution in [1.29, 1.82) is 0 Å². The van der Waals surface area contributed by atoms with Crippen LogP contribution in [0.15, 0.2) is 36.7 Å². The third-order valence-electron chi connectivity index (χ3n) is 5.71. The van der Waals surface area contributed by atoms with Gasteiger partial charge in [-0.15, -0.1) is 0 Å². The molecule has 140 valence electrons. The second-order valence-electron chi connectivity index (χ2n) is 7.67. The maximum absolute atomic E-state index is 9.80. The highest BCUT2D eigenvalue weighted by Gasteiger charge is 2.33. The number of hydrogen-bond donors (Lipinski definition) is 1. The molecule has 26 heavy (non-hydrogen) atoms. The lowest BCUT2D eigenvalue weighted by Crippen LogP contribution is -2.31. The Balaban J connectivity index is 1.37. The van der Waals surface area contributed by atoms with Crippen LogP contribution in [0.4, 0.5) is 0 Å². The fraction of sp³-hybridized carbons (Fsp3) is 0.550. The first-order chi connectivity index (χ1) is 12.7. The van der Waals surface area contributed by atoms with E-state index in [2.05, 4.69) is 21.1 Å². The summed E-state index contributed by atoms with van der Waals surface area (Å²) in [7, 11) is 0. The smallest absolute Gasteiger partial charge is 0.0646 e. The van der Waals surface area contributed by atoms with Crippen LogP contribution in [-0.2, 0) is 6.54 Å². The number of benzene rings is 1. The molecule has 2 atom stereocenters. The van der Waals surface area contributed by atoms with Gasteiger partial charge in [-0.1, -0.05) is 11.6 Å². The predicted octanol–water partition coefficient (Wildman–Crippen LogP) is 2.66. The summed E-state index contributed by atoms with van der Waals surface area (Å²) in [5, 5.41) is 15.0. The molecule has 5 nitrogen and oxygen atoms in total. The van der Waals surface area contributed by atoms with Gasteiger partial charge < -0.3 is 10.0 Å². The molecule has 3 heterocycles. The molecule has 1 aromatic carbocycles. The summed E-state index contributed by atoms with van der Waals surface area (Å²) in [5.74, 6) is 0.964. The molecule has 0 bridgehead atoms. The van der Waals surface area contributed by atoms with Gasteiger partial charge in [0, 0.05) is 49.6 Å². The zero-order chi connectivity index (χ0) is 17.9. The van der Waals surface area contributed by atoms with E-state index in [-0.39, 0.29) is 0 Å². The zero-order valence-corrected chi connectivity index (χ0v) is 15.9. The van der Waals surface area contributed by atoms with E-state index in [1.165, 1.54) is 31.5 Å². The molecule has 4 rings (SSSR count). The summed E-state index contributed by atoms with van der Waals surface area (Å²) in [6, 6.07) is 7.71. The van der Waals surface area contributed by atoms with E-state index in [0.29, 0.717) is 18.4 Å². The second kappa shape index (κ2) is 8.09. The largest absolute Gasteiger partial charge is 0.396 e. The molecule has 0 radical (unpaired) electrons. The minimum absolute atomic E-state index is 0.291. The molecular weight excluding hydrogens is 348 g/mol. The molecule has 2 aliphatic heterocycles. The van der Waals surface area contributed by atoms with Gasteiger partial charge in [0.1, 0.15) is 0 Å². The first-order valence-electron chi connectivity index (χ1n) is 9.56. The third-order valence-corrected chi connectivity index (χ3v) is 5.96. The van der Waals surface area contributed by atoms with Crippen LogP contribution in [0.25, 0.3) is 5.69 Å². The Morgan fingerprint density at radius 1 is 1.04 bits per heavy atom. The Bertz CT molecular complexity index is 711. The number of aliphatic hydroxyl groups is 1. The summed E-state index contributed by atoms with van der Waals surface area (Å²) in [4.78, 5) is 5.03. The lowest BCUT2D eigenvalue weighted by Gasteiger charge is -2.23. The van der Waals surface area contributed by atoms with Crippen molar-refractivity contribution in [3.63, 3.8) is 0 Å². The summed E-state index contributed by atoms with van der Waals surface area (Å²) >= 11 is 5.96. The van der Waals surface area contributed by atoms with Gasteiger partial charge in [-0.05, 0) is 62.0 Å². The maximum atomic E-state index is 9.80. The van der Waals surface area contributed by atoms with Crippen molar-refractivity contribution in [1.82, 2.24) is 19.6 Å². The van der Waals surface area contributed by atoms with Gasteiger partial charge in [0.05, 0.1) is 11.9 Å². The number of halogens is 1. The fourth-order valence-electron chi connectivity index (χ4n) is 4.31. The molecule has 2 fully saturated rings. The van der Waals surface area contributed by atoms with Crippen LogP contribution in [0.2, 0.25) is 5.02 Å². The number of aliphatic hydroxyl groups excluding tert-OH is 1. The number of likely N-dealkylation sites (tertiary alicyclic amines) is 2. The molecular formula is C20H27ClN4O.